The molecule has 0 radical (unpaired) electrons. The van der Waals surface area contributed by atoms with E-state index in [4.69, 9.17) is 4.74 Å². The second-order valence-corrected chi connectivity index (χ2v) is 6.64. The van der Waals surface area contributed by atoms with Crippen LogP contribution in [0.2, 0.25) is 0 Å². The molecule has 0 fully saturated rings. The van der Waals surface area contributed by atoms with Gasteiger partial charge in [0.2, 0.25) is 0 Å². The number of non-ortho nitro benzene ring substituents is 1. The van der Waals surface area contributed by atoms with Crippen LogP contribution in [0.4, 0.5) is 11.4 Å². The van der Waals surface area contributed by atoms with Gasteiger partial charge >= 0.3 is 5.97 Å². The van der Waals surface area contributed by atoms with E-state index in [1.54, 1.807) is 0 Å². The molecule has 0 spiro atoms. The van der Waals surface area contributed by atoms with E-state index in [9.17, 15) is 19.7 Å². The predicted octanol–water partition coefficient (Wildman–Crippen LogP) is 3.97. The summed E-state index contributed by atoms with van der Waals surface area (Å²) in [4.78, 5) is 37.7. The van der Waals surface area contributed by atoms with Crippen molar-refractivity contribution in [2.24, 2.45) is 0 Å². The second kappa shape index (κ2) is 9.01. The Morgan fingerprint density at radius 3 is 2.79 bits per heavy atom. The van der Waals surface area contributed by atoms with Gasteiger partial charge < -0.3 is 15.0 Å². The van der Waals surface area contributed by atoms with Crippen molar-refractivity contribution in [1.82, 2.24) is 4.98 Å². The highest BCUT2D eigenvalue weighted by molar-refractivity contribution is 5.95. The van der Waals surface area contributed by atoms with E-state index in [-0.39, 0.29) is 17.8 Å². The number of benzene rings is 2. The van der Waals surface area contributed by atoms with Crippen molar-refractivity contribution in [3.63, 3.8) is 0 Å². The zero-order chi connectivity index (χ0) is 20.8. The van der Waals surface area contributed by atoms with Gasteiger partial charge in [0.05, 0.1) is 4.92 Å². The Morgan fingerprint density at radius 2 is 2.00 bits per heavy atom. The van der Waals surface area contributed by atoms with Crippen molar-refractivity contribution < 1.29 is 19.2 Å². The zero-order valence-electron chi connectivity index (χ0n) is 15.9. The van der Waals surface area contributed by atoms with Crippen molar-refractivity contribution in [2.75, 3.05) is 5.32 Å². The van der Waals surface area contributed by atoms with Crippen molar-refractivity contribution in [3.8, 4) is 0 Å². The molecule has 1 atom stereocenters. The molecule has 0 aliphatic carbocycles. The third kappa shape index (κ3) is 5.19. The van der Waals surface area contributed by atoms with Gasteiger partial charge in [-0.15, -0.1) is 0 Å². The molecule has 0 aliphatic heterocycles. The summed E-state index contributed by atoms with van der Waals surface area (Å²) in [6, 6.07) is 13.5. The Bertz CT molecular complexity index is 1040. The van der Waals surface area contributed by atoms with Crippen LogP contribution in [-0.2, 0) is 20.7 Å². The number of anilines is 1. The summed E-state index contributed by atoms with van der Waals surface area (Å²) in [5.41, 5.74) is 2.32. The SMILES string of the molecule is CC(OC(=O)CCCc1c[nH]c2ccccc12)C(=O)Nc1cccc([N+](=O)[O-])c1. The van der Waals surface area contributed by atoms with Gasteiger partial charge in [0.1, 0.15) is 0 Å². The summed E-state index contributed by atoms with van der Waals surface area (Å²) < 4.78 is 5.18. The van der Waals surface area contributed by atoms with E-state index < -0.39 is 22.9 Å². The normalized spacial score (nSPS) is 11.8. The lowest BCUT2D eigenvalue weighted by Crippen LogP contribution is -2.29. The molecule has 150 valence electrons. The number of nitro groups is 1. The van der Waals surface area contributed by atoms with Crippen molar-refractivity contribution >= 4 is 34.2 Å². The monoisotopic (exact) mass is 395 g/mol. The number of para-hydroxylation sites is 1. The molecular weight excluding hydrogens is 374 g/mol. The first-order chi connectivity index (χ1) is 13.9. The Morgan fingerprint density at radius 1 is 1.21 bits per heavy atom. The summed E-state index contributed by atoms with van der Waals surface area (Å²) in [6.45, 7) is 1.46. The number of aromatic amines is 1. The number of H-pyrrole nitrogens is 1. The largest absolute Gasteiger partial charge is 0.453 e. The van der Waals surface area contributed by atoms with E-state index >= 15 is 0 Å². The van der Waals surface area contributed by atoms with E-state index in [1.165, 1.54) is 31.2 Å². The van der Waals surface area contributed by atoms with Crippen LogP contribution < -0.4 is 5.32 Å². The highest BCUT2D eigenvalue weighted by Gasteiger charge is 2.18. The summed E-state index contributed by atoms with van der Waals surface area (Å²) in [5, 5.41) is 14.4. The van der Waals surface area contributed by atoms with Gasteiger partial charge in [-0.05, 0) is 37.5 Å². The maximum absolute atomic E-state index is 12.2. The number of amides is 1. The molecule has 3 rings (SSSR count). The molecule has 2 N–H and O–H groups in total. The number of aryl methyl sites for hydroxylation is 1. The van der Waals surface area contributed by atoms with Gasteiger partial charge in [-0.2, -0.15) is 0 Å². The number of esters is 1. The summed E-state index contributed by atoms with van der Waals surface area (Å²) in [7, 11) is 0. The van der Waals surface area contributed by atoms with Crippen LogP contribution in [0, 0.1) is 10.1 Å². The quantitative estimate of drug-likeness (QED) is 0.340. The lowest BCUT2D eigenvalue weighted by atomic mass is 10.1. The molecule has 0 aliphatic rings. The number of nitrogens with one attached hydrogen (secondary N) is 2. The number of fused-ring (bicyclic) bond motifs is 1. The van der Waals surface area contributed by atoms with Gasteiger partial charge in [-0.25, -0.2) is 0 Å². The predicted molar refractivity (Wildman–Crippen MR) is 109 cm³/mol. The fourth-order valence-corrected chi connectivity index (χ4v) is 3.01. The third-order valence-electron chi connectivity index (χ3n) is 4.50. The van der Waals surface area contributed by atoms with Crippen molar-refractivity contribution in [1.29, 1.82) is 0 Å². The molecular formula is C21H21N3O5. The summed E-state index contributed by atoms with van der Waals surface area (Å²) in [6.07, 6.45) is 2.43. The van der Waals surface area contributed by atoms with Gasteiger partial charge in [0.15, 0.2) is 6.10 Å². The van der Waals surface area contributed by atoms with E-state index in [1.807, 2.05) is 30.5 Å². The molecule has 1 amide bonds. The average Bonchev–Trinajstić information content (AvgIpc) is 3.11. The van der Waals surface area contributed by atoms with Gasteiger partial charge in [-0.1, -0.05) is 24.3 Å². The number of carbonyl (C=O) groups is 2. The molecule has 0 saturated carbocycles. The number of hydrogen-bond donors (Lipinski definition) is 2. The minimum absolute atomic E-state index is 0.135. The topological polar surface area (TPSA) is 114 Å². The fourth-order valence-electron chi connectivity index (χ4n) is 3.01. The van der Waals surface area contributed by atoms with E-state index in [0.717, 1.165) is 16.5 Å². The molecule has 8 heteroatoms. The number of nitrogens with zero attached hydrogens (tertiary/aromatic N) is 1. The Kier molecular flexibility index (Phi) is 6.23. The summed E-state index contributed by atoms with van der Waals surface area (Å²) >= 11 is 0. The van der Waals surface area contributed by atoms with Crippen LogP contribution in [0.5, 0.6) is 0 Å². The van der Waals surface area contributed by atoms with Crippen LogP contribution in [0.1, 0.15) is 25.3 Å². The smallest absolute Gasteiger partial charge is 0.306 e. The van der Waals surface area contributed by atoms with Crippen LogP contribution >= 0.6 is 0 Å². The standard InChI is InChI=1S/C21H21N3O5/c1-14(21(26)23-16-7-5-8-17(12-16)24(27)28)29-20(25)11-4-6-15-13-22-19-10-3-2-9-18(15)19/h2-3,5,7-10,12-14,22H,4,6,11H2,1H3,(H,23,26). The minimum atomic E-state index is -1.00. The van der Waals surface area contributed by atoms with Crippen LogP contribution in [0.3, 0.4) is 0 Å². The molecule has 1 unspecified atom stereocenters. The third-order valence-corrected chi connectivity index (χ3v) is 4.50. The Labute approximate surface area is 167 Å². The van der Waals surface area contributed by atoms with Crippen molar-refractivity contribution in [3.05, 3.63) is 70.4 Å². The minimum Gasteiger partial charge on any atom is -0.453 e. The van der Waals surface area contributed by atoms with E-state index in [0.29, 0.717) is 12.8 Å². The molecule has 0 saturated heterocycles. The highest BCUT2D eigenvalue weighted by atomic mass is 16.6. The average molecular weight is 395 g/mol. The van der Waals surface area contributed by atoms with Crippen molar-refractivity contribution in [2.45, 2.75) is 32.3 Å². The molecule has 1 heterocycles. The fraction of sp³-hybridized carbons (Fsp3) is 0.238. The van der Waals surface area contributed by atoms with Crippen LogP contribution in [0.15, 0.2) is 54.7 Å². The lowest BCUT2D eigenvalue weighted by Gasteiger charge is -2.13. The molecule has 8 nitrogen and oxygen atoms in total. The number of carbonyl (C=O) groups excluding carboxylic acids is 2. The molecule has 0 bridgehead atoms. The Hall–Kier alpha value is -3.68. The number of hydrogen-bond acceptors (Lipinski definition) is 5. The number of aromatic nitrogens is 1. The van der Waals surface area contributed by atoms with E-state index in [2.05, 4.69) is 10.3 Å². The first-order valence-electron chi connectivity index (χ1n) is 9.24. The molecule has 2 aromatic carbocycles. The van der Waals surface area contributed by atoms with Gasteiger partial charge in [0.25, 0.3) is 11.6 Å². The maximum Gasteiger partial charge on any atom is 0.306 e. The highest BCUT2D eigenvalue weighted by Crippen LogP contribution is 2.20. The first-order valence-corrected chi connectivity index (χ1v) is 9.24. The molecule has 3 aromatic rings. The Balaban J connectivity index is 1.46. The maximum atomic E-state index is 12.2. The summed E-state index contributed by atoms with van der Waals surface area (Å²) in [5.74, 6) is -1.01. The number of ether oxygens (including phenoxy) is 1. The van der Waals surface area contributed by atoms with Gasteiger partial charge in [0, 0.05) is 41.3 Å². The van der Waals surface area contributed by atoms with Gasteiger partial charge in [-0.3, -0.25) is 19.7 Å². The van der Waals surface area contributed by atoms with Crippen LogP contribution in [0.25, 0.3) is 10.9 Å². The molecule has 1 aromatic heterocycles. The number of nitro benzene ring substituents is 1. The lowest BCUT2D eigenvalue weighted by molar-refractivity contribution is -0.384. The number of rotatable bonds is 8. The first kappa shape index (κ1) is 20.1. The zero-order valence-corrected chi connectivity index (χ0v) is 15.9. The second-order valence-electron chi connectivity index (χ2n) is 6.64. The molecule has 29 heavy (non-hydrogen) atoms. The van der Waals surface area contributed by atoms with Crippen LogP contribution in [-0.4, -0.2) is 27.9 Å².